The van der Waals surface area contributed by atoms with Gasteiger partial charge in [-0.3, -0.25) is 9.89 Å². The third kappa shape index (κ3) is 2.40. The summed E-state index contributed by atoms with van der Waals surface area (Å²) in [6.07, 6.45) is 2.11. The maximum absolute atomic E-state index is 12.2. The molecule has 20 heavy (non-hydrogen) atoms. The van der Waals surface area contributed by atoms with Crippen molar-refractivity contribution in [3.8, 4) is 0 Å². The lowest BCUT2D eigenvalue weighted by Gasteiger charge is -2.08. The number of benzene rings is 2. The molecule has 0 bridgehead atoms. The van der Waals surface area contributed by atoms with Gasteiger partial charge >= 0.3 is 0 Å². The normalized spacial score (nSPS) is 10.7. The second-order valence-corrected chi connectivity index (χ2v) is 4.79. The number of carbonyl (C=O) groups excluding carboxylic acids is 1. The highest BCUT2D eigenvalue weighted by Crippen LogP contribution is 2.20. The summed E-state index contributed by atoms with van der Waals surface area (Å²) in [5.41, 5.74) is 3.79. The number of carbonyl (C=O) groups is 1. The van der Waals surface area contributed by atoms with Gasteiger partial charge in [-0.1, -0.05) is 36.4 Å². The molecule has 4 nitrogen and oxygen atoms in total. The van der Waals surface area contributed by atoms with E-state index in [0.717, 1.165) is 27.7 Å². The smallest absolute Gasteiger partial charge is 0.228 e. The molecule has 0 aliphatic carbocycles. The highest BCUT2D eigenvalue weighted by molar-refractivity contribution is 6.00. The van der Waals surface area contributed by atoms with Gasteiger partial charge in [-0.05, 0) is 24.1 Å². The Morgan fingerprint density at radius 3 is 2.90 bits per heavy atom. The number of amides is 1. The number of aromatic amines is 1. The van der Waals surface area contributed by atoms with Crippen LogP contribution in [0.4, 0.5) is 5.69 Å². The lowest BCUT2D eigenvalue weighted by Crippen LogP contribution is -2.15. The van der Waals surface area contributed by atoms with Gasteiger partial charge in [0.05, 0.1) is 23.8 Å². The predicted molar refractivity (Wildman–Crippen MR) is 79.6 cm³/mol. The summed E-state index contributed by atoms with van der Waals surface area (Å²) in [7, 11) is 0. The van der Waals surface area contributed by atoms with E-state index in [2.05, 4.69) is 15.5 Å². The molecule has 0 unspecified atom stereocenters. The molecule has 3 aromatic rings. The first-order valence-corrected chi connectivity index (χ1v) is 6.50. The molecule has 1 heterocycles. The summed E-state index contributed by atoms with van der Waals surface area (Å²) in [4.78, 5) is 12.2. The van der Waals surface area contributed by atoms with Gasteiger partial charge in [-0.25, -0.2) is 0 Å². The molecule has 2 N–H and O–H groups in total. The highest BCUT2D eigenvalue weighted by Gasteiger charge is 2.08. The predicted octanol–water partition coefficient (Wildman–Crippen LogP) is 3.05. The summed E-state index contributed by atoms with van der Waals surface area (Å²) >= 11 is 0. The molecule has 0 saturated heterocycles. The van der Waals surface area contributed by atoms with Crippen LogP contribution >= 0.6 is 0 Å². The molecule has 4 heteroatoms. The third-order valence-electron chi connectivity index (χ3n) is 3.36. The number of para-hydroxylation sites is 1. The number of H-pyrrole nitrogens is 1. The van der Waals surface area contributed by atoms with Crippen LogP contribution in [0.5, 0.6) is 0 Å². The second-order valence-electron chi connectivity index (χ2n) is 4.79. The Kier molecular flexibility index (Phi) is 3.21. The van der Waals surface area contributed by atoms with Gasteiger partial charge in [-0.15, -0.1) is 0 Å². The van der Waals surface area contributed by atoms with Crippen molar-refractivity contribution in [2.75, 3.05) is 5.32 Å². The van der Waals surface area contributed by atoms with Gasteiger partial charge in [-0.2, -0.15) is 5.10 Å². The Morgan fingerprint density at radius 1 is 1.20 bits per heavy atom. The number of anilines is 1. The van der Waals surface area contributed by atoms with Crippen LogP contribution < -0.4 is 5.32 Å². The molecule has 1 aromatic heterocycles. The van der Waals surface area contributed by atoms with Gasteiger partial charge < -0.3 is 5.32 Å². The van der Waals surface area contributed by atoms with Gasteiger partial charge in [0.25, 0.3) is 0 Å². The third-order valence-corrected chi connectivity index (χ3v) is 3.36. The van der Waals surface area contributed by atoms with E-state index in [1.54, 1.807) is 6.20 Å². The van der Waals surface area contributed by atoms with E-state index >= 15 is 0 Å². The maximum Gasteiger partial charge on any atom is 0.228 e. The van der Waals surface area contributed by atoms with Crippen molar-refractivity contribution >= 4 is 22.5 Å². The van der Waals surface area contributed by atoms with Crippen LogP contribution in [-0.2, 0) is 11.2 Å². The minimum atomic E-state index is -0.0265. The molecule has 0 aliphatic heterocycles. The Hall–Kier alpha value is -2.62. The summed E-state index contributed by atoms with van der Waals surface area (Å²) in [6.45, 7) is 2.01. The van der Waals surface area contributed by atoms with Gasteiger partial charge in [0.15, 0.2) is 0 Å². The van der Waals surface area contributed by atoms with E-state index in [4.69, 9.17) is 0 Å². The lowest BCUT2D eigenvalue weighted by atomic mass is 10.1. The van der Waals surface area contributed by atoms with E-state index in [9.17, 15) is 4.79 Å². The molecular formula is C16H15N3O. The lowest BCUT2D eigenvalue weighted by molar-refractivity contribution is -0.115. The highest BCUT2D eigenvalue weighted by atomic mass is 16.1. The van der Waals surface area contributed by atoms with E-state index in [0.29, 0.717) is 6.42 Å². The molecule has 0 fully saturated rings. The molecule has 2 aromatic carbocycles. The van der Waals surface area contributed by atoms with Crippen LogP contribution in [0.15, 0.2) is 48.7 Å². The number of nitrogens with zero attached hydrogens (tertiary/aromatic N) is 1. The molecular weight excluding hydrogens is 250 g/mol. The minimum Gasteiger partial charge on any atom is -0.324 e. The molecule has 100 valence electrons. The average Bonchev–Trinajstić information content (AvgIpc) is 2.91. The fraction of sp³-hybridized carbons (Fsp3) is 0.125. The van der Waals surface area contributed by atoms with Gasteiger partial charge in [0.1, 0.15) is 0 Å². The van der Waals surface area contributed by atoms with Crippen molar-refractivity contribution < 1.29 is 4.79 Å². The monoisotopic (exact) mass is 265 g/mol. The summed E-state index contributed by atoms with van der Waals surface area (Å²) in [6, 6.07) is 13.6. The van der Waals surface area contributed by atoms with Crippen molar-refractivity contribution in [1.29, 1.82) is 0 Å². The quantitative estimate of drug-likeness (QED) is 0.764. The van der Waals surface area contributed by atoms with Crippen molar-refractivity contribution in [2.45, 2.75) is 13.3 Å². The average molecular weight is 265 g/mol. The molecule has 1 amide bonds. The van der Waals surface area contributed by atoms with Crippen molar-refractivity contribution in [3.63, 3.8) is 0 Å². The van der Waals surface area contributed by atoms with E-state index in [1.165, 1.54) is 0 Å². The number of rotatable bonds is 3. The van der Waals surface area contributed by atoms with Crippen molar-refractivity contribution in [1.82, 2.24) is 10.2 Å². The van der Waals surface area contributed by atoms with Crippen LogP contribution in [-0.4, -0.2) is 16.1 Å². The van der Waals surface area contributed by atoms with Crippen LogP contribution in [0.3, 0.4) is 0 Å². The van der Waals surface area contributed by atoms with Crippen molar-refractivity contribution in [2.24, 2.45) is 0 Å². The molecule has 0 atom stereocenters. The van der Waals surface area contributed by atoms with Crippen LogP contribution in [0.2, 0.25) is 0 Å². The number of aromatic nitrogens is 2. The summed E-state index contributed by atoms with van der Waals surface area (Å²) in [5, 5.41) is 10.8. The summed E-state index contributed by atoms with van der Waals surface area (Å²) < 4.78 is 0. The maximum atomic E-state index is 12.2. The van der Waals surface area contributed by atoms with E-state index in [-0.39, 0.29) is 5.91 Å². The van der Waals surface area contributed by atoms with Gasteiger partial charge in [0.2, 0.25) is 5.91 Å². The zero-order valence-electron chi connectivity index (χ0n) is 11.2. The zero-order valence-corrected chi connectivity index (χ0v) is 11.2. The summed E-state index contributed by atoms with van der Waals surface area (Å²) in [5.74, 6) is -0.0265. The molecule has 0 radical (unpaired) electrons. The van der Waals surface area contributed by atoms with Gasteiger partial charge in [0, 0.05) is 5.39 Å². The van der Waals surface area contributed by atoms with Crippen LogP contribution in [0.25, 0.3) is 10.9 Å². The zero-order chi connectivity index (χ0) is 13.9. The first-order valence-electron chi connectivity index (χ1n) is 6.50. The fourth-order valence-electron chi connectivity index (χ4n) is 2.25. The first-order chi connectivity index (χ1) is 9.74. The number of hydrogen-bond donors (Lipinski definition) is 2. The molecule has 0 saturated carbocycles. The Balaban J connectivity index is 1.80. The number of hydrogen-bond acceptors (Lipinski definition) is 2. The van der Waals surface area contributed by atoms with Crippen molar-refractivity contribution in [3.05, 3.63) is 59.8 Å². The number of nitrogens with one attached hydrogen (secondary N) is 2. The molecule has 0 spiro atoms. The molecule has 0 aliphatic rings. The number of aryl methyl sites for hydroxylation is 1. The standard InChI is InChI=1S/C16H15N3O/c1-11-5-2-3-6-12(11)9-15(20)18-14-8-4-7-13-10-17-19-16(13)14/h2-8,10H,9H2,1H3,(H,17,19)(H,18,20). The topological polar surface area (TPSA) is 57.8 Å². The Labute approximate surface area is 116 Å². The first kappa shape index (κ1) is 12.4. The van der Waals surface area contributed by atoms with Crippen LogP contribution in [0, 0.1) is 6.92 Å². The van der Waals surface area contributed by atoms with E-state index < -0.39 is 0 Å². The fourth-order valence-corrected chi connectivity index (χ4v) is 2.25. The number of fused-ring (bicyclic) bond motifs is 1. The molecule has 3 rings (SSSR count). The van der Waals surface area contributed by atoms with Crippen LogP contribution in [0.1, 0.15) is 11.1 Å². The minimum absolute atomic E-state index is 0.0265. The Morgan fingerprint density at radius 2 is 2.05 bits per heavy atom. The van der Waals surface area contributed by atoms with E-state index in [1.807, 2.05) is 49.4 Å². The second kappa shape index (κ2) is 5.17. The SMILES string of the molecule is Cc1ccccc1CC(=O)Nc1cccc2cn[nH]c12. The largest absolute Gasteiger partial charge is 0.324 e. The Bertz CT molecular complexity index is 761.